The second-order valence-corrected chi connectivity index (χ2v) is 6.52. The summed E-state index contributed by atoms with van der Waals surface area (Å²) in [5.74, 6) is -0.172. The maximum Gasteiger partial charge on any atom is 0.255 e. The first-order chi connectivity index (χ1) is 11.0. The third kappa shape index (κ3) is 2.88. The Hall–Kier alpha value is -2.14. The molecule has 5 nitrogen and oxygen atoms in total. The molecule has 1 aromatic rings. The van der Waals surface area contributed by atoms with Crippen molar-refractivity contribution < 1.29 is 14.7 Å². The summed E-state index contributed by atoms with van der Waals surface area (Å²) in [6.45, 7) is 5.14. The molecule has 1 N–H and O–H groups in total. The summed E-state index contributed by atoms with van der Waals surface area (Å²) in [7, 11) is 0. The van der Waals surface area contributed by atoms with Crippen molar-refractivity contribution in [3.05, 3.63) is 47.5 Å². The van der Waals surface area contributed by atoms with Gasteiger partial charge in [0.1, 0.15) is 6.04 Å². The van der Waals surface area contributed by atoms with E-state index in [4.69, 9.17) is 0 Å². The molecule has 0 saturated heterocycles. The van der Waals surface area contributed by atoms with Crippen molar-refractivity contribution in [2.75, 3.05) is 13.1 Å². The minimum absolute atomic E-state index is 0.00353. The van der Waals surface area contributed by atoms with Gasteiger partial charge in [0.15, 0.2) is 0 Å². The second kappa shape index (κ2) is 6.16. The van der Waals surface area contributed by atoms with Crippen molar-refractivity contribution in [3.63, 3.8) is 0 Å². The van der Waals surface area contributed by atoms with Gasteiger partial charge in [0, 0.05) is 18.7 Å². The van der Waals surface area contributed by atoms with Gasteiger partial charge in [-0.3, -0.25) is 9.59 Å². The van der Waals surface area contributed by atoms with Crippen LogP contribution in [0.15, 0.2) is 36.4 Å². The number of rotatable bonds is 3. The number of carbonyl (C=O) groups is 2. The van der Waals surface area contributed by atoms with E-state index in [1.54, 1.807) is 22.0 Å². The van der Waals surface area contributed by atoms with E-state index in [1.165, 1.54) is 0 Å². The average Bonchev–Trinajstić information content (AvgIpc) is 2.84. The van der Waals surface area contributed by atoms with E-state index < -0.39 is 12.1 Å². The second-order valence-electron chi connectivity index (χ2n) is 6.52. The van der Waals surface area contributed by atoms with Gasteiger partial charge in [0.25, 0.3) is 5.91 Å². The molecular weight excluding hydrogens is 292 g/mol. The molecule has 1 aromatic carbocycles. The highest BCUT2D eigenvalue weighted by Crippen LogP contribution is 2.28. The fraction of sp³-hybridized carbons (Fsp3) is 0.444. The molecule has 0 spiro atoms. The summed E-state index contributed by atoms with van der Waals surface area (Å²) in [5.41, 5.74) is 1.65. The standard InChI is InChI=1S/C18H22N2O3/c1-12(2)16(18(23)19-9-5-7-14(21)11-19)20-10-13-6-3-4-8-15(13)17(20)22/h3-8,12,14,16,21H,9-11H2,1-2H3/t14?,16-/m0/s1. The lowest BCUT2D eigenvalue weighted by Crippen LogP contribution is -2.53. The number of β-amino-alcohol motifs (C(OH)–C–C–N with tert-alkyl or cyclic N) is 1. The Morgan fingerprint density at radius 1 is 1.30 bits per heavy atom. The SMILES string of the molecule is CC(C)[C@@H](C(=O)N1CC=CC(O)C1)N1Cc2ccccc2C1=O. The van der Waals surface area contributed by atoms with Gasteiger partial charge in [-0.05, 0) is 17.5 Å². The molecule has 2 amide bonds. The summed E-state index contributed by atoms with van der Waals surface area (Å²) in [6, 6.07) is 7.00. The first kappa shape index (κ1) is 15.7. The zero-order valence-corrected chi connectivity index (χ0v) is 13.5. The Morgan fingerprint density at radius 3 is 2.70 bits per heavy atom. The summed E-state index contributed by atoms with van der Waals surface area (Å²) in [6.07, 6.45) is 2.86. The van der Waals surface area contributed by atoms with Crippen LogP contribution in [0.4, 0.5) is 0 Å². The highest BCUT2D eigenvalue weighted by Gasteiger charge is 2.39. The van der Waals surface area contributed by atoms with E-state index >= 15 is 0 Å². The smallest absolute Gasteiger partial charge is 0.255 e. The number of amides is 2. The van der Waals surface area contributed by atoms with Crippen LogP contribution in [0.25, 0.3) is 0 Å². The van der Waals surface area contributed by atoms with Crippen LogP contribution in [0.3, 0.4) is 0 Å². The van der Waals surface area contributed by atoms with Gasteiger partial charge < -0.3 is 14.9 Å². The molecule has 0 saturated carbocycles. The fourth-order valence-electron chi connectivity index (χ4n) is 3.35. The van der Waals surface area contributed by atoms with E-state index in [-0.39, 0.29) is 24.3 Å². The van der Waals surface area contributed by atoms with Gasteiger partial charge in [-0.15, -0.1) is 0 Å². The zero-order chi connectivity index (χ0) is 16.6. The number of hydrogen-bond donors (Lipinski definition) is 1. The molecule has 0 bridgehead atoms. The number of benzene rings is 1. The summed E-state index contributed by atoms with van der Waals surface area (Å²) >= 11 is 0. The maximum absolute atomic E-state index is 13.0. The molecule has 0 aliphatic carbocycles. The minimum Gasteiger partial charge on any atom is -0.387 e. The van der Waals surface area contributed by atoms with Crippen molar-refractivity contribution in [1.82, 2.24) is 9.80 Å². The molecular formula is C18H22N2O3. The van der Waals surface area contributed by atoms with Crippen molar-refractivity contribution in [2.45, 2.75) is 32.5 Å². The monoisotopic (exact) mass is 314 g/mol. The lowest BCUT2D eigenvalue weighted by Gasteiger charge is -2.36. The van der Waals surface area contributed by atoms with E-state index in [9.17, 15) is 14.7 Å². The maximum atomic E-state index is 13.0. The molecule has 122 valence electrons. The van der Waals surface area contributed by atoms with Gasteiger partial charge in [0.2, 0.25) is 5.91 Å². The topological polar surface area (TPSA) is 60.9 Å². The van der Waals surface area contributed by atoms with Crippen molar-refractivity contribution in [3.8, 4) is 0 Å². The summed E-state index contributed by atoms with van der Waals surface area (Å²) in [5, 5.41) is 9.75. The van der Waals surface area contributed by atoms with Crippen molar-refractivity contribution >= 4 is 11.8 Å². The number of carbonyl (C=O) groups excluding carboxylic acids is 2. The van der Waals surface area contributed by atoms with Crippen LogP contribution in [-0.2, 0) is 11.3 Å². The summed E-state index contributed by atoms with van der Waals surface area (Å²) in [4.78, 5) is 28.9. The Kier molecular flexibility index (Phi) is 4.22. The van der Waals surface area contributed by atoms with Gasteiger partial charge in [-0.2, -0.15) is 0 Å². The molecule has 0 fully saturated rings. The number of nitrogens with zero attached hydrogens (tertiary/aromatic N) is 2. The van der Waals surface area contributed by atoms with Gasteiger partial charge in [-0.1, -0.05) is 44.2 Å². The van der Waals surface area contributed by atoms with E-state index in [0.29, 0.717) is 18.7 Å². The molecule has 2 atom stereocenters. The predicted molar refractivity (Wildman–Crippen MR) is 86.7 cm³/mol. The van der Waals surface area contributed by atoms with Crippen molar-refractivity contribution in [2.24, 2.45) is 5.92 Å². The van der Waals surface area contributed by atoms with Crippen LogP contribution in [0.2, 0.25) is 0 Å². The average molecular weight is 314 g/mol. The van der Waals surface area contributed by atoms with Crippen LogP contribution >= 0.6 is 0 Å². The third-order valence-electron chi connectivity index (χ3n) is 4.47. The van der Waals surface area contributed by atoms with E-state index in [0.717, 1.165) is 5.56 Å². The lowest BCUT2D eigenvalue weighted by atomic mass is 10.00. The molecule has 3 rings (SSSR count). The molecule has 2 aliphatic rings. The van der Waals surface area contributed by atoms with Gasteiger partial charge in [-0.25, -0.2) is 0 Å². The van der Waals surface area contributed by atoms with Crippen LogP contribution in [0.5, 0.6) is 0 Å². The number of hydrogen-bond acceptors (Lipinski definition) is 3. The van der Waals surface area contributed by atoms with Crippen LogP contribution in [0, 0.1) is 5.92 Å². The van der Waals surface area contributed by atoms with Crippen LogP contribution in [-0.4, -0.2) is 52.0 Å². The zero-order valence-electron chi connectivity index (χ0n) is 13.5. The number of aliphatic hydroxyl groups is 1. The Balaban J connectivity index is 1.85. The highest BCUT2D eigenvalue weighted by atomic mass is 16.3. The van der Waals surface area contributed by atoms with Crippen LogP contribution < -0.4 is 0 Å². The minimum atomic E-state index is -0.632. The Morgan fingerprint density at radius 2 is 2.04 bits per heavy atom. The number of fused-ring (bicyclic) bond motifs is 1. The first-order valence-corrected chi connectivity index (χ1v) is 8.01. The van der Waals surface area contributed by atoms with Gasteiger partial charge >= 0.3 is 0 Å². The largest absolute Gasteiger partial charge is 0.387 e. The highest BCUT2D eigenvalue weighted by molar-refractivity contribution is 6.01. The quantitative estimate of drug-likeness (QED) is 0.859. The molecule has 5 heteroatoms. The third-order valence-corrected chi connectivity index (χ3v) is 4.47. The molecule has 2 heterocycles. The normalized spacial score (nSPS) is 21.7. The number of aliphatic hydroxyl groups excluding tert-OH is 1. The Bertz CT molecular complexity index is 653. The molecule has 0 radical (unpaired) electrons. The lowest BCUT2D eigenvalue weighted by molar-refractivity contribution is -0.138. The van der Waals surface area contributed by atoms with Gasteiger partial charge in [0.05, 0.1) is 12.6 Å². The Labute approximate surface area is 136 Å². The first-order valence-electron chi connectivity index (χ1n) is 8.01. The molecule has 23 heavy (non-hydrogen) atoms. The molecule has 2 aliphatic heterocycles. The fourth-order valence-corrected chi connectivity index (χ4v) is 3.35. The van der Waals surface area contributed by atoms with E-state index in [2.05, 4.69) is 0 Å². The summed E-state index contributed by atoms with van der Waals surface area (Å²) < 4.78 is 0. The van der Waals surface area contributed by atoms with Crippen LogP contribution in [0.1, 0.15) is 29.8 Å². The van der Waals surface area contributed by atoms with Crippen molar-refractivity contribution in [1.29, 1.82) is 0 Å². The molecule has 1 unspecified atom stereocenters. The molecule has 0 aromatic heterocycles. The van der Waals surface area contributed by atoms with E-state index in [1.807, 2.05) is 38.1 Å². The predicted octanol–water partition coefficient (Wildman–Crippen LogP) is 1.43.